The molecule has 1 unspecified atom stereocenters. The fraction of sp³-hybridized carbons (Fsp3) is 0.120. The summed E-state index contributed by atoms with van der Waals surface area (Å²) < 4.78 is 23.2. The SMILES string of the molecule is COC(=O)c1ccc(Cl)c(C(O)c2cc3c(C)cc(C#N)cc3n2-c2ccccc2)c1Cl.O=S=O. The number of aliphatic hydroxyl groups is 1. The number of para-hydroxylation sites is 1. The lowest BCUT2D eigenvalue weighted by atomic mass is 10.0. The van der Waals surface area contributed by atoms with E-state index < -0.39 is 23.6 Å². The van der Waals surface area contributed by atoms with Gasteiger partial charge in [-0.15, -0.1) is 0 Å². The van der Waals surface area contributed by atoms with Gasteiger partial charge in [0.1, 0.15) is 6.10 Å². The highest BCUT2D eigenvalue weighted by atomic mass is 35.5. The lowest BCUT2D eigenvalue weighted by Crippen LogP contribution is -2.11. The number of nitriles is 1. The van der Waals surface area contributed by atoms with Gasteiger partial charge in [0.15, 0.2) is 0 Å². The van der Waals surface area contributed by atoms with E-state index >= 15 is 0 Å². The average Bonchev–Trinajstić information content (AvgIpc) is 3.24. The number of rotatable bonds is 4. The number of halogens is 2. The fourth-order valence-electron chi connectivity index (χ4n) is 3.87. The number of nitrogens with zero attached hydrogens (tertiary/aromatic N) is 2. The highest BCUT2D eigenvalue weighted by Crippen LogP contribution is 2.40. The third-order valence-corrected chi connectivity index (χ3v) is 6.12. The zero-order chi connectivity index (χ0) is 25.7. The Labute approximate surface area is 214 Å². The molecular formula is C25H18Cl2N2O5S. The third-order valence-electron chi connectivity index (χ3n) is 5.39. The molecule has 0 aliphatic rings. The third kappa shape index (κ3) is 5.14. The van der Waals surface area contributed by atoms with Crippen LogP contribution in [0.4, 0.5) is 0 Å². The second-order valence-corrected chi connectivity index (χ2v) is 8.28. The molecule has 0 bridgehead atoms. The molecule has 1 N–H and O–H groups in total. The summed E-state index contributed by atoms with van der Waals surface area (Å²) in [5.74, 6) is -0.627. The van der Waals surface area contributed by atoms with Crippen molar-refractivity contribution in [3.63, 3.8) is 0 Å². The van der Waals surface area contributed by atoms with Crippen LogP contribution < -0.4 is 0 Å². The Bertz CT molecular complexity index is 1490. The van der Waals surface area contributed by atoms with Gasteiger partial charge in [0.25, 0.3) is 0 Å². The maximum Gasteiger partial charge on any atom is 0.339 e. The minimum absolute atomic E-state index is 0.0242. The number of aliphatic hydroxyl groups excluding tert-OH is 1. The molecule has 3 aromatic carbocycles. The van der Waals surface area contributed by atoms with Crippen LogP contribution in [-0.2, 0) is 16.3 Å². The van der Waals surface area contributed by atoms with Gasteiger partial charge < -0.3 is 14.4 Å². The normalized spacial score (nSPS) is 11.2. The number of hydrogen-bond donors (Lipinski definition) is 1. The summed E-state index contributed by atoms with van der Waals surface area (Å²) in [6.45, 7) is 1.91. The lowest BCUT2D eigenvalue weighted by molar-refractivity contribution is 0.0600. The minimum Gasteiger partial charge on any atom is -0.465 e. The van der Waals surface area contributed by atoms with Crippen molar-refractivity contribution in [3.8, 4) is 11.8 Å². The monoisotopic (exact) mass is 528 g/mol. The van der Waals surface area contributed by atoms with Crippen molar-refractivity contribution >= 4 is 51.6 Å². The highest BCUT2D eigenvalue weighted by molar-refractivity contribution is 7.51. The number of methoxy groups -OCH3 is 1. The number of ether oxygens (including phenoxy) is 1. The predicted molar refractivity (Wildman–Crippen MR) is 134 cm³/mol. The first kappa shape index (κ1) is 26.1. The first-order chi connectivity index (χ1) is 16.8. The Hall–Kier alpha value is -3.48. The molecule has 0 radical (unpaired) electrons. The van der Waals surface area contributed by atoms with Gasteiger partial charge in [-0.2, -0.15) is 13.7 Å². The molecule has 0 spiro atoms. The van der Waals surface area contributed by atoms with Crippen molar-refractivity contribution < 1.29 is 23.1 Å². The van der Waals surface area contributed by atoms with Crippen molar-refractivity contribution in [2.45, 2.75) is 13.0 Å². The van der Waals surface area contributed by atoms with Gasteiger partial charge in [-0.3, -0.25) is 0 Å². The molecule has 7 nitrogen and oxygen atoms in total. The van der Waals surface area contributed by atoms with E-state index in [1.54, 1.807) is 12.1 Å². The molecule has 0 aliphatic heterocycles. The molecule has 4 rings (SSSR count). The van der Waals surface area contributed by atoms with Crippen molar-refractivity contribution in [1.29, 1.82) is 5.26 Å². The molecule has 178 valence electrons. The highest BCUT2D eigenvalue weighted by Gasteiger charge is 2.27. The molecule has 1 atom stereocenters. The quantitative estimate of drug-likeness (QED) is 0.359. The molecule has 1 aromatic heterocycles. The molecular weight excluding hydrogens is 511 g/mol. The fourth-order valence-corrected chi connectivity index (χ4v) is 4.53. The average molecular weight is 529 g/mol. The first-order valence-electron chi connectivity index (χ1n) is 10.1. The van der Waals surface area contributed by atoms with Crippen molar-refractivity contribution in [1.82, 2.24) is 4.57 Å². The molecule has 35 heavy (non-hydrogen) atoms. The molecule has 1 heterocycles. The van der Waals surface area contributed by atoms with Crippen LogP contribution in [0.15, 0.2) is 60.7 Å². The molecule has 4 aromatic rings. The Morgan fingerprint density at radius 1 is 1.11 bits per heavy atom. The molecule has 0 saturated carbocycles. The van der Waals surface area contributed by atoms with Gasteiger partial charge in [-0.05, 0) is 55.0 Å². The topological polar surface area (TPSA) is 109 Å². The number of esters is 1. The minimum atomic E-state index is -1.25. The Morgan fingerprint density at radius 2 is 1.77 bits per heavy atom. The van der Waals surface area contributed by atoms with Crippen LogP contribution >= 0.6 is 23.2 Å². The van der Waals surface area contributed by atoms with E-state index in [0.717, 1.165) is 22.2 Å². The lowest BCUT2D eigenvalue weighted by Gasteiger charge is -2.19. The van der Waals surface area contributed by atoms with E-state index in [4.69, 9.17) is 36.4 Å². The largest absolute Gasteiger partial charge is 0.465 e. The van der Waals surface area contributed by atoms with Crippen LogP contribution in [0.2, 0.25) is 10.0 Å². The van der Waals surface area contributed by atoms with Crippen LogP contribution in [-0.4, -0.2) is 31.2 Å². The summed E-state index contributed by atoms with van der Waals surface area (Å²) in [7, 11) is 1.26. The maximum atomic E-state index is 12.1. The zero-order valence-corrected chi connectivity index (χ0v) is 20.8. The summed E-state index contributed by atoms with van der Waals surface area (Å²) in [6.07, 6.45) is -1.25. The number of hydrogen-bond acceptors (Lipinski definition) is 6. The van der Waals surface area contributed by atoms with Crippen LogP contribution in [0.25, 0.3) is 16.6 Å². The molecule has 0 saturated heterocycles. The molecule has 0 amide bonds. The van der Waals surface area contributed by atoms with E-state index in [1.807, 2.05) is 47.9 Å². The maximum absolute atomic E-state index is 12.1. The van der Waals surface area contributed by atoms with E-state index in [0.29, 0.717) is 11.3 Å². The van der Waals surface area contributed by atoms with Crippen LogP contribution in [0.1, 0.15) is 38.8 Å². The zero-order valence-electron chi connectivity index (χ0n) is 18.5. The molecule has 10 heteroatoms. The van der Waals surface area contributed by atoms with E-state index in [2.05, 4.69) is 6.07 Å². The summed E-state index contributed by atoms with van der Waals surface area (Å²) >= 11 is 12.2. The van der Waals surface area contributed by atoms with Gasteiger partial charge in [0.05, 0.1) is 40.5 Å². The molecule has 0 aliphatic carbocycles. The number of aromatic nitrogens is 1. The van der Waals surface area contributed by atoms with Gasteiger partial charge in [-0.1, -0.05) is 41.4 Å². The van der Waals surface area contributed by atoms with Gasteiger partial charge >= 0.3 is 17.5 Å². The number of aryl methyl sites for hydroxylation is 1. The van der Waals surface area contributed by atoms with Crippen LogP contribution in [0, 0.1) is 18.3 Å². The first-order valence-corrected chi connectivity index (χ1v) is 11.5. The van der Waals surface area contributed by atoms with Crippen molar-refractivity contribution in [3.05, 3.63) is 98.7 Å². The van der Waals surface area contributed by atoms with Gasteiger partial charge in [0, 0.05) is 21.7 Å². The standard InChI is InChI=1S/C25H18Cl2N2O3.O2S/c1-14-10-15(13-28)11-20-18(14)12-21(29(20)16-6-4-3-5-7-16)24(30)22-19(26)9-8-17(23(22)27)25(31)32-2;1-3-2/h3-12,24,30H,1-2H3;. The second-order valence-electron chi connectivity index (χ2n) is 7.36. The second kappa shape index (κ2) is 11.3. The van der Waals surface area contributed by atoms with Crippen molar-refractivity contribution in [2.75, 3.05) is 7.11 Å². The summed E-state index contributed by atoms with van der Waals surface area (Å²) in [5.41, 5.74) is 3.76. The molecule has 0 fully saturated rings. The van der Waals surface area contributed by atoms with Gasteiger partial charge in [-0.25, -0.2) is 4.79 Å². The van der Waals surface area contributed by atoms with Crippen LogP contribution in [0.3, 0.4) is 0 Å². The summed E-state index contributed by atoms with van der Waals surface area (Å²) in [4.78, 5) is 12.1. The van der Waals surface area contributed by atoms with Crippen molar-refractivity contribution in [2.24, 2.45) is 0 Å². The number of benzene rings is 3. The number of carbonyl (C=O) groups excluding carboxylic acids is 1. The van der Waals surface area contributed by atoms with Gasteiger partial charge in [0.2, 0.25) is 0 Å². The van der Waals surface area contributed by atoms with E-state index in [9.17, 15) is 15.2 Å². The van der Waals surface area contributed by atoms with E-state index in [1.165, 1.54) is 19.2 Å². The predicted octanol–water partition coefficient (Wildman–Crippen LogP) is 5.32. The van der Waals surface area contributed by atoms with E-state index in [-0.39, 0.29) is 21.2 Å². The smallest absolute Gasteiger partial charge is 0.339 e. The van der Waals surface area contributed by atoms with Crippen LogP contribution in [0.5, 0.6) is 0 Å². The summed E-state index contributed by atoms with van der Waals surface area (Å²) in [5, 5.41) is 22.1. The summed E-state index contributed by atoms with van der Waals surface area (Å²) in [6, 6.07) is 20.0. The number of carbonyl (C=O) groups is 1. The Balaban J connectivity index is 0.00000108. The number of fused-ring (bicyclic) bond motifs is 1. The Kier molecular flexibility index (Phi) is 8.43. The Morgan fingerprint density at radius 3 is 2.37 bits per heavy atom.